The Morgan fingerprint density at radius 3 is 2.71 bits per heavy atom. The lowest BCUT2D eigenvalue weighted by Crippen LogP contribution is -2.53. The van der Waals surface area contributed by atoms with Crippen LogP contribution < -0.4 is 10.1 Å². The standard InChI is InChI=1S/C26H29FN4OS.ClH/c1-17-14-22-25(28-23-11-7-19(27)15-24(23)29-26(22)33-17)31-13-12-30(2)20(16-31)8-4-18-5-9-21(32-3)10-6-18;/h5-7,9-11,14-15,20,29H,4,8,12-13,16H2,1-3H3;1H/t20-;/m0./s1. The van der Waals surface area contributed by atoms with E-state index in [0.29, 0.717) is 6.04 Å². The van der Waals surface area contributed by atoms with Crippen molar-refractivity contribution >= 4 is 46.0 Å². The summed E-state index contributed by atoms with van der Waals surface area (Å²) >= 11 is 1.69. The third kappa shape index (κ3) is 5.06. The fourth-order valence-electron chi connectivity index (χ4n) is 4.59. The number of thiophene rings is 1. The van der Waals surface area contributed by atoms with Gasteiger partial charge in [-0.2, -0.15) is 0 Å². The molecule has 0 aliphatic carbocycles. The Hall–Kier alpha value is -2.61. The predicted molar refractivity (Wildman–Crippen MR) is 141 cm³/mol. The summed E-state index contributed by atoms with van der Waals surface area (Å²) in [6.45, 7) is 4.91. The SMILES string of the molecule is COc1ccc(CC[C@H]2CN(C3=Nc4ccc(F)cc4Nc4sc(C)cc43)CCN2C)cc1.Cl. The van der Waals surface area contributed by atoms with Gasteiger partial charge in [-0.1, -0.05) is 12.1 Å². The maximum atomic E-state index is 13.9. The average Bonchev–Trinajstić information content (AvgIpc) is 3.11. The van der Waals surface area contributed by atoms with Gasteiger partial charge in [-0.15, -0.1) is 23.7 Å². The van der Waals surface area contributed by atoms with Crippen LogP contribution in [0, 0.1) is 12.7 Å². The molecule has 1 N–H and O–H groups in total. The molecule has 34 heavy (non-hydrogen) atoms. The van der Waals surface area contributed by atoms with E-state index in [9.17, 15) is 4.39 Å². The molecule has 8 heteroatoms. The summed E-state index contributed by atoms with van der Waals surface area (Å²) in [5, 5.41) is 4.46. The molecule has 0 unspecified atom stereocenters. The number of aryl methyl sites for hydroxylation is 2. The second-order valence-electron chi connectivity index (χ2n) is 8.79. The summed E-state index contributed by atoms with van der Waals surface area (Å²) < 4.78 is 19.2. The van der Waals surface area contributed by atoms with Gasteiger partial charge in [0.15, 0.2) is 0 Å². The van der Waals surface area contributed by atoms with Gasteiger partial charge in [0.25, 0.3) is 0 Å². The van der Waals surface area contributed by atoms with Crippen LogP contribution in [-0.4, -0.2) is 55.5 Å². The van der Waals surface area contributed by atoms with Crippen molar-refractivity contribution in [3.05, 3.63) is 70.4 Å². The van der Waals surface area contributed by atoms with E-state index in [1.807, 2.05) is 12.1 Å². The van der Waals surface area contributed by atoms with Crippen molar-refractivity contribution in [2.45, 2.75) is 25.8 Å². The molecular formula is C26H30ClFN4OS. The highest BCUT2D eigenvalue weighted by atomic mass is 35.5. The molecular weight excluding hydrogens is 471 g/mol. The van der Waals surface area contributed by atoms with Gasteiger partial charge in [0.1, 0.15) is 22.4 Å². The number of methoxy groups -OCH3 is 1. The quantitative estimate of drug-likeness (QED) is 0.476. The Morgan fingerprint density at radius 1 is 1.15 bits per heavy atom. The minimum Gasteiger partial charge on any atom is -0.497 e. The number of hydrogen-bond donors (Lipinski definition) is 1. The summed E-state index contributed by atoms with van der Waals surface area (Å²) in [5.74, 6) is 1.62. The molecule has 1 atom stereocenters. The Balaban J connectivity index is 0.00000274. The van der Waals surface area contributed by atoms with E-state index >= 15 is 0 Å². The Bertz CT molecular complexity index is 1180. The largest absolute Gasteiger partial charge is 0.497 e. The molecule has 180 valence electrons. The normalized spacial score (nSPS) is 17.6. The molecule has 5 nitrogen and oxygen atoms in total. The zero-order chi connectivity index (χ0) is 22.9. The number of aliphatic imine (C=N–C) groups is 1. The molecule has 1 saturated heterocycles. The van der Waals surface area contributed by atoms with E-state index in [2.05, 4.69) is 47.3 Å². The second-order valence-corrected chi connectivity index (χ2v) is 10.0. The highest BCUT2D eigenvalue weighted by Gasteiger charge is 2.30. The fraction of sp³-hybridized carbons (Fsp3) is 0.346. The lowest BCUT2D eigenvalue weighted by molar-refractivity contribution is 0.134. The van der Waals surface area contributed by atoms with Crippen molar-refractivity contribution < 1.29 is 9.13 Å². The summed E-state index contributed by atoms with van der Waals surface area (Å²) in [5.41, 5.74) is 3.93. The molecule has 2 aliphatic rings. The van der Waals surface area contributed by atoms with Gasteiger partial charge in [0, 0.05) is 30.6 Å². The van der Waals surface area contributed by atoms with Crippen molar-refractivity contribution in [2.75, 3.05) is 39.1 Å². The Kier molecular flexibility index (Phi) is 7.45. The van der Waals surface area contributed by atoms with Crippen molar-refractivity contribution in [1.82, 2.24) is 9.80 Å². The number of amidine groups is 1. The first-order chi connectivity index (χ1) is 16.0. The summed E-state index contributed by atoms with van der Waals surface area (Å²) in [6, 6.07) is 15.7. The minimum atomic E-state index is -0.257. The monoisotopic (exact) mass is 500 g/mol. The predicted octanol–water partition coefficient (Wildman–Crippen LogP) is 6.01. The van der Waals surface area contributed by atoms with E-state index in [-0.39, 0.29) is 18.2 Å². The number of piperazine rings is 1. The number of rotatable bonds is 4. The molecule has 2 aliphatic heterocycles. The van der Waals surface area contributed by atoms with Gasteiger partial charge in [-0.25, -0.2) is 9.38 Å². The number of likely N-dealkylation sites (N-methyl/N-ethyl adjacent to an activating group) is 1. The van der Waals surface area contributed by atoms with Crippen LogP contribution in [0.3, 0.4) is 0 Å². The third-order valence-electron chi connectivity index (χ3n) is 6.53. The van der Waals surface area contributed by atoms with Crippen molar-refractivity contribution in [3.63, 3.8) is 0 Å². The lowest BCUT2D eigenvalue weighted by Gasteiger charge is -2.41. The van der Waals surface area contributed by atoms with Gasteiger partial charge >= 0.3 is 0 Å². The molecule has 0 radical (unpaired) electrons. The highest BCUT2D eigenvalue weighted by molar-refractivity contribution is 7.16. The van der Waals surface area contributed by atoms with Crippen LogP contribution in [0.2, 0.25) is 0 Å². The molecule has 5 rings (SSSR count). The molecule has 0 amide bonds. The van der Waals surface area contributed by atoms with Crippen molar-refractivity contribution in [1.29, 1.82) is 0 Å². The number of halogens is 2. The number of benzene rings is 2. The lowest BCUT2D eigenvalue weighted by atomic mass is 10.0. The highest BCUT2D eigenvalue weighted by Crippen LogP contribution is 2.39. The number of fused-ring (bicyclic) bond motifs is 2. The van der Waals surface area contributed by atoms with Crippen LogP contribution >= 0.6 is 23.7 Å². The number of nitrogens with zero attached hydrogens (tertiary/aromatic N) is 3. The maximum absolute atomic E-state index is 13.9. The van der Waals surface area contributed by atoms with E-state index in [4.69, 9.17) is 9.73 Å². The van der Waals surface area contributed by atoms with E-state index in [1.54, 1.807) is 24.5 Å². The van der Waals surface area contributed by atoms with Crippen LogP contribution in [0.25, 0.3) is 0 Å². The summed E-state index contributed by atoms with van der Waals surface area (Å²) in [4.78, 5) is 11.1. The molecule has 3 aromatic rings. The Labute approximate surface area is 210 Å². The molecule has 0 bridgehead atoms. The van der Waals surface area contributed by atoms with Gasteiger partial charge in [0.2, 0.25) is 0 Å². The molecule has 1 fully saturated rings. The van der Waals surface area contributed by atoms with Crippen LogP contribution in [0.5, 0.6) is 5.75 Å². The first kappa shape index (κ1) is 24.5. The summed E-state index contributed by atoms with van der Waals surface area (Å²) in [7, 11) is 3.91. The van der Waals surface area contributed by atoms with Crippen LogP contribution in [0.4, 0.5) is 20.8 Å². The van der Waals surface area contributed by atoms with E-state index < -0.39 is 0 Å². The zero-order valence-corrected chi connectivity index (χ0v) is 21.3. The molecule has 3 heterocycles. The van der Waals surface area contributed by atoms with Gasteiger partial charge in [0.05, 0.1) is 24.0 Å². The van der Waals surface area contributed by atoms with Crippen LogP contribution in [0.1, 0.15) is 22.4 Å². The fourth-order valence-corrected chi connectivity index (χ4v) is 5.51. The molecule has 1 aromatic heterocycles. The number of anilines is 2. The number of ether oxygens (including phenoxy) is 1. The second kappa shape index (κ2) is 10.3. The molecule has 2 aromatic carbocycles. The van der Waals surface area contributed by atoms with Crippen molar-refractivity contribution in [2.24, 2.45) is 4.99 Å². The van der Waals surface area contributed by atoms with Gasteiger partial charge < -0.3 is 15.0 Å². The topological polar surface area (TPSA) is 40.1 Å². The van der Waals surface area contributed by atoms with Crippen LogP contribution in [-0.2, 0) is 6.42 Å². The maximum Gasteiger partial charge on any atom is 0.139 e. The smallest absolute Gasteiger partial charge is 0.139 e. The molecule has 0 spiro atoms. The van der Waals surface area contributed by atoms with E-state index in [1.165, 1.54) is 22.6 Å². The van der Waals surface area contributed by atoms with E-state index in [0.717, 1.165) is 66.0 Å². The van der Waals surface area contributed by atoms with Gasteiger partial charge in [-0.05, 0) is 68.8 Å². The van der Waals surface area contributed by atoms with Crippen molar-refractivity contribution in [3.8, 4) is 5.75 Å². The minimum absolute atomic E-state index is 0. The van der Waals surface area contributed by atoms with Crippen LogP contribution in [0.15, 0.2) is 53.5 Å². The average molecular weight is 501 g/mol. The molecule has 0 saturated carbocycles. The third-order valence-corrected chi connectivity index (χ3v) is 7.50. The summed E-state index contributed by atoms with van der Waals surface area (Å²) in [6.07, 6.45) is 2.09. The number of hydrogen-bond acceptors (Lipinski definition) is 6. The first-order valence-corrected chi connectivity index (χ1v) is 12.2. The zero-order valence-electron chi connectivity index (χ0n) is 19.7. The Morgan fingerprint density at radius 2 is 1.94 bits per heavy atom. The van der Waals surface area contributed by atoms with Gasteiger partial charge in [-0.3, -0.25) is 4.90 Å². The first-order valence-electron chi connectivity index (χ1n) is 11.3. The number of nitrogens with one attached hydrogen (secondary N) is 1.